The number of hydrogen-bond acceptors (Lipinski definition) is 14. The molecule has 5 amide bonds. The van der Waals surface area contributed by atoms with Crippen LogP contribution in [0.25, 0.3) is 0 Å². The first-order valence-electron chi connectivity index (χ1n) is 24.0. The van der Waals surface area contributed by atoms with Gasteiger partial charge in [-0.2, -0.15) is 0 Å². The summed E-state index contributed by atoms with van der Waals surface area (Å²) in [5.74, 6) is 0.0836. The minimum atomic E-state index is -1.08. The lowest BCUT2D eigenvalue weighted by molar-refractivity contribution is -0.137. The van der Waals surface area contributed by atoms with Crippen molar-refractivity contribution < 1.29 is 28.4 Å². The van der Waals surface area contributed by atoms with E-state index in [9.17, 15) is 28.4 Å². The summed E-state index contributed by atoms with van der Waals surface area (Å²) in [6.45, 7) is 4.23. The SMILES string of the molecule is NC1CCN(c2cnc(Sc3cccc(NC(=O)CCCCCCCCN4C5CCC4CN(c4ccc(C(=O)NCc6ccc7c(c6)CN(C6CCC(=O)NC6=O)C7=O)nn4)C5)c3)cn2)CC1F. The Kier molecular flexibility index (Phi) is 14.9. The van der Waals surface area contributed by atoms with Crippen LogP contribution in [0.1, 0.15) is 109 Å². The Labute approximate surface area is 399 Å². The summed E-state index contributed by atoms with van der Waals surface area (Å²) in [5, 5.41) is 17.7. The number of piperazine rings is 1. The maximum absolute atomic E-state index is 14.1. The van der Waals surface area contributed by atoms with Crippen LogP contribution in [0.15, 0.2) is 76.9 Å². The predicted molar refractivity (Wildman–Crippen MR) is 255 cm³/mol. The molecule has 0 aliphatic carbocycles. The van der Waals surface area contributed by atoms with Crippen molar-refractivity contribution in [2.45, 2.75) is 130 Å². The predicted octanol–water partition coefficient (Wildman–Crippen LogP) is 5.01. The minimum absolute atomic E-state index is 0.0122. The van der Waals surface area contributed by atoms with Crippen molar-refractivity contribution in [3.05, 3.63) is 89.4 Å². The standard InChI is InChI=1S/C49H59FN12O5S/c50-38-30-59(21-19-39(38)51)43-25-53-46(26-52-43)68-36-9-7-8-33(23-36)55-44(63)10-5-3-1-2-4-6-20-61-34-12-13-35(61)29-60(28-34)42-17-15-40(57-58-42)47(65)54-24-31-11-14-37-32(22-31)27-62(49(37)67)41-16-18-45(64)56-48(41)66/h7-9,11,14-15,17,22-23,25-26,34-35,38-39,41H,1-6,10,12-13,16,18-21,24,27-30,51H2,(H,54,65)(H,55,63)(H,56,64,66). The number of carbonyl (C=O) groups excluding carboxylic acids is 5. The van der Waals surface area contributed by atoms with Crippen molar-refractivity contribution in [2.24, 2.45) is 5.73 Å². The first-order valence-corrected chi connectivity index (χ1v) is 24.8. The van der Waals surface area contributed by atoms with Gasteiger partial charge in [-0.3, -0.25) is 34.2 Å². The molecule has 5 unspecified atom stereocenters. The van der Waals surface area contributed by atoms with Gasteiger partial charge in [0.15, 0.2) is 11.5 Å². The summed E-state index contributed by atoms with van der Waals surface area (Å²) < 4.78 is 14.1. The number of aromatic nitrogens is 4. The lowest BCUT2D eigenvalue weighted by atomic mass is 10.0. The van der Waals surface area contributed by atoms with Gasteiger partial charge < -0.3 is 31.1 Å². The Hall–Kier alpha value is -6.05. The Balaban J connectivity index is 0.636. The number of piperidine rings is 2. The Morgan fingerprint density at radius 2 is 1.65 bits per heavy atom. The molecule has 5 aliphatic heterocycles. The average molecular weight is 947 g/mol. The van der Waals surface area contributed by atoms with Crippen molar-refractivity contribution in [1.29, 1.82) is 0 Å². The van der Waals surface area contributed by atoms with Crippen LogP contribution in [-0.2, 0) is 27.5 Å². The number of amides is 5. The Morgan fingerprint density at radius 3 is 2.40 bits per heavy atom. The molecule has 5 atom stereocenters. The number of hydrogen-bond donors (Lipinski definition) is 4. The summed E-state index contributed by atoms with van der Waals surface area (Å²) >= 11 is 1.46. The van der Waals surface area contributed by atoms with E-state index in [1.807, 2.05) is 41.3 Å². The van der Waals surface area contributed by atoms with Crippen molar-refractivity contribution in [3.63, 3.8) is 0 Å². The van der Waals surface area contributed by atoms with E-state index in [1.165, 1.54) is 23.1 Å². The maximum Gasteiger partial charge on any atom is 0.272 e. The maximum atomic E-state index is 14.1. The highest BCUT2D eigenvalue weighted by atomic mass is 32.2. The van der Waals surface area contributed by atoms with Crippen LogP contribution < -0.4 is 31.5 Å². The van der Waals surface area contributed by atoms with Crippen LogP contribution in [0.3, 0.4) is 0 Å². The molecule has 68 heavy (non-hydrogen) atoms. The second kappa shape index (κ2) is 21.5. The number of nitrogens with one attached hydrogen (secondary N) is 3. The van der Waals surface area contributed by atoms with E-state index in [0.29, 0.717) is 49.3 Å². The zero-order chi connectivity index (χ0) is 47.1. The van der Waals surface area contributed by atoms with E-state index >= 15 is 0 Å². The molecule has 358 valence electrons. The molecule has 4 fully saturated rings. The molecule has 0 saturated carbocycles. The quantitative estimate of drug-likeness (QED) is 0.0764. The number of unbranched alkanes of at least 4 members (excludes halogenated alkanes) is 5. The second-order valence-corrected chi connectivity index (χ2v) is 19.6. The van der Waals surface area contributed by atoms with Crippen LogP contribution in [0.4, 0.5) is 21.7 Å². The molecule has 5 aliphatic rings. The third kappa shape index (κ3) is 11.3. The molecule has 2 aromatic heterocycles. The third-order valence-corrected chi connectivity index (χ3v) is 14.7. The van der Waals surface area contributed by atoms with Crippen LogP contribution in [0.5, 0.6) is 0 Å². The van der Waals surface area contributed by atoms with Crippen molar-refractivity contribution in [1.82, 2.24) is 40.6 Å². The van der Waals surface area contributed by atoms with Crippen LogP contribution in [0.2, 0.25) is 0 Å². The van der Waals surface area contributed by atoms with Crippen LogP contribution >= 0.6 is 11.8 Å². The molecule has 4 aromatic rings. The summed E-state index contributed by atoms with van der Waals surface area (Å²) in [6.07, 6.45) is 12.6. The number of imide groups is 1. The van der Waals surface area contributed by atoms with Crippen LogP contribution in [0, 0.1) is 0 Å². The molecule has 2 aromatic carbocycles. The Bertz CT molecular complexity index is 2470. The Morgan fingerprint density at radius 1 is 0.838 bits per heavy atom. The normalized spacial score (nSPS) is 22.6. The number of rotatable bonds is 18. The molecule has 9 rings (SSSR count). The summed E-state index contributed by atoms with van der Waals surface area (Å²) in [4.78, 5) is 81.2. The molecule has 2 bridgehead atoms. The summed E-state index contributed by atoms with van der Waals surface area (Å²) in [6, 6.07) is 16.5. The molecule has 7 heterocycles. The van der Waals surface area contributed by atoms with Gasteiger partial charge in [0.25, 0.3) is 11.8 Å². The number of nitrogens with two attached hydrogens (primary N) is 1. The van der Waals surface area contributed by atoms with E-state index in [1.54, 1.807) is 30.6 Å². The topological polar surface area (TPSA) is 212 Å². The fourth-order valence-corrected chi connectivity index (χ4v) is 10.9. The smallest absolute Gasteiger partial charge is 0.272 e. The molecule has 17 nitrogen and oxygen atoms in total. The van der Waals surface area contributed by atoms with Crippen LogP contribution in [-0.4, -0.2) is 123 Å². The monoisotopic (exact) mass is 946 g/mol. The van der Waals surface area contributed by atoms with Gasteiger partial charge >= 0.3 is 0 Å². The second-order valence-electron chi connectivity index (χ2n) is 18.6. The number of alkyl halides is 1. The molecule has 5 N–H and O–H groups in total. The molecule has 0 radical (unpaired) electrons. The zero-order valence-corrected chi connectivity index (χ0v) is 39.0. The third-order valence-electron chi connectivity index (χ3n) is 13.8. The lowest BCUT2D eigenvalue weighted by Gasteiger charge is -2.41. The van der Waals surface area contributed by atoms with Crippen molar-refractivity contribution in [3.8, 4) is 0 Å². The number of fused-ring (bicyclic) bond motifs is 3. The van der Waals surface area contributed by atoms with Gasteiger partial charge in [-0.25, -0.2) is 14.4 Å². The highest BCUT2D eigenvalue weighted by Gasteiger charge is 2.41. The largest absolute Gasteiger partial charge is 0.352 e. The fraction of sp³-hybridized carbons (Fsp3) is 0.490. The number of benzene rings is 2. The first-order chi connectivity index (χ1) is 33.0. The molecule has 19 heteroatoms. The molecule has 0 spiro atoms. The highest BCUT2D eigenvalue weighted by molar-refractivity contribution is 7.99. The van der Waals surface area contributed by atoms with Gasteiger partial charge in [0.05, 0.1) is 18.9 Å². The van der Waals surface area contributed by atoms with Crippen molar-refractivity contribution >= 4 is 58.6 Å². The molecule has 4 saturated heterocycles. The highest BCUT2D eigenvalue weighted by Crippen LogP contribution is 2.33. The van der Waals surface area contributed by atoms with E-state index < -0.39 is 24.2 Å². The lowest BCUT2D eigenvalue weighted by Crippen LogP contribution is -2.54. The van der Waals surface area contributed by atoms with Gasteiger partial charge in [-0.1, -0.05) is 55.6 Å². The first kappa shape index (κ1) is 47.0. The van der Waals surface area contributed by atoms with Gasteiger partial charge in [-0.05, 0) is 92.6 Å². The van der Waals surface area contributed by atoms with E-state index in [4.69, 9.17) is 5.73 Å². The number of anilines is 3. The van der Waals surface area contributed by atoms with Gasteiger partial charge in [0.2, 0.25) is 17.7 Å². The number of nitrogens with zero attached hydrogens (tertiary/aromatic N) is 8. The van der Waals surface area contributed by atoms with Gasteiger partial charge in [0.1, 0.15) is 23.1 Å². The average Bonchev–Trinajstić information content (AvgIpc) is 3.78. The number of carbonyl (C=O) groups is 5. The van der Waals surface area contributed by atoms with E-state index in [0.717, 1.165) is 97.1 Å². The zero-order valence-electron chi connectivity index (χ0n) is 38.2. The molecular weight excluding hydrogens is 888 g/mol. The number of halogens is 1. The van der Waals surface area contributed by atoms with Crippen molar-refractivity contribution in [2.75, 3.05) is 47.8 Å². The van der Waals surface area contributed by atoms with E-state index in [-0.39, 0.29) is 55.4 Å². The minimum Gasteiger partial charge on any atom is -0.352 e. The fourth-order valence-electron chi connectivity index (χ4n) is 10.1. The summed E-state index contributed by atoms with van der Waals surface area (Å²) in [5.41, 5.74) is 8.91. The molecular formula is C49H59FN12O5S. The van der Waals surface area contributed by atoms with E-state index in [2.05, 4.69) is 45.9 Å². The van der Waals surface area contributed by atoms with Gasteiger partial charge in [-0.15, -0.1) is 10.2 Å². The summed E-state index contributed by atoms with van der Waals surface area (Å²) in [7, 11) is 0. The van der Waals surface area contributed by atoms with Gasteiger partial charge in [0, 0.05) is 79.8 Å².